The lowest BCUT2D eigenvalue weighted by atomic mass is 10.2. The van der Waals surface area contributed by atoms with Crippen molar-refractivity contribution in [2.24, 2.45) is 0 Å². The third kappa shape index (κ3) is 4.77. The van der Waals surface area contributed by atoms with Gasteiger partial charge in [0.15, 0.2) is 0 Å². The quantitative estimate of drug-likeness (QED) is 0.650. The Labute approximate surface area is 166 Å². The number of rotatable bonds is 6. The van der Waals surface area contributed by atoms with E-state index in [1.54, 1.807) is 6.07 Å². The molecule has 144 valence electrons. The van der Waals surface area contributed by atoms with Gasteiger partial charge in [-0.1, -0.05) is 15.9 Å². The van der Waals surface area contributed by atoms with Crippen LogP contribution in [0.1, 0.15) is 21.7 Å². The molecule has 8 heteroatoms. The molecule has 0 aliphatic carbocycles. The van der Waals surface area contributed by atoms with Gasteiger partial charge in [0.05, 0.1) is 19.8 Å². The van der Waals surface area contributed by atoms with E-state index in [9.17, 15) is 14.4 Å². The van der Waals surface area contributed by atoms with E-state index < -0.39 is 17.8 Å². The van der Waals surface area contributed by atoms with Gasteiger partial charge in [-0.2, -0.15) is 0 Å². The number of halogens is 1. The molecule has 0 spiro atoms. The highest BCUT2D eigenvalue weighted by Gasteiger charge is 2.26. The van der Waals surface area contributed by atoms with Crippen LogP contribution in [-0.2, 0) is 19.1 Å². The van der Waals surface area contributed by atoms with Gasteiger partial charge < -0.3 is 18.9 Å². The molecule has 1 heterocycles. The highest BCUT2D eigenvalue weighted by atomic mass is 79.9. The van der Waals surface area contributed by atoms with Crippen molar-refractivity contribution in [1.29, 1.82) is 0 Å². The second-order valence-electron chi connectivity index (χ2n) is 5.91. The smallest absolute Gasteiger partial charge is 0.325 e. The van der Waals surface area contributed by atoms with E-state index in [4.69, 9.17) is 0 Å². The average Bonchev–Trinajstić information content (AvgIpc) is 2.95. The number of aromatic nitrogens is 1. The fraction of sp³-hybridized carbons (Fsp3) is 0.316. The summed E-state index contributed by atoms with van der Waals surface area (Å²) < 4.78 is 12.1. The molecular weight excluding hydrogens is 416 g/mol. The summed E-state index contributed by atoms with van der Waals surface area (Å²) in [5.74, 6) is -1.68. The summed E-state index contributed by atoms with van der Waals surface area (Å²) in [5.41, 5.74) is 2.87. The zero-order valence-corrected chi connectivity index (χ0v) is 17.2. The lowest BCUT2D eigenvalue weighted by molar-refractivity contribution is -0.144. The second-order valence-corrected chi connectivity index (χ2v) is 6.83. The Morgan fingerprint density at radius 1 is 1.00 bits per heavy atom. The molecule has 7 nitrogen and oxygen atoms in total. The molecule has 0 saturated heterocycles. The van der Waals surface area contributed by atoms with Crippen LogP contribution in [0.2, 0.25) is 0 Å². The fourth-order valence-electron chi connectivity index (χ4n) is 2.78. The normalized spacial score (nSPS) is 10.4. The van der Waals surface area contributed by atoms with Crippen molar-refractivity contribution in [1.82, 2.24) is 9.47 Å². The van der Waals surface area contributed by atoms with Crippen LogP contribution in [0.15, 0.2) is 34.8 Å². The summed E-state index contributed by atoms with van der Waals surface area (Å²) in [6.45, 7) is 3.02. The minimum atomic E-state index is -0.617. The number of benzene rings is 1. The Morgan fingerprint density at radius 2 is 1.52 bits per heavy atom. The number of nitrogens with zero attached hydrogens (tertiary/aromatic N) is 2. The number of carbonyl (C=O) groups excluding carboxylic acids is 3. The largest absolute Gasteiger partial charge is 0.468 e. The van der Waals surface area contributed by atoms with Crippen LogP contribution < -0.4 is 0 Å². The predicted octanol–water partition coefficient (Wildman–Crippen LogP) is 2.64. The van der Waals surface area contributed by atoms with Crippen molar-refractivity contribution in [3.63, 3.8) is 0 Å². The molecule has 2 rings (SSSR count). The van der Waals surface area contributed by atoms with Gasteiger partial charge in [0.1, 0.15) is 13.1 Å². The standard InChI is InChI=1S/C19H21BrN2O5/c1-12-9-16(13(2)22(12)15-7-5-14(20)6-8-15)19(25)21(10-17(23)26-3)11-18(24)27-4/h5-9H,10-11H2,1-4H3. The van der Waals surface area contributed by atoms with E-state index in [0.717, 1.165) is 20.8 Å². The van der Waals surface area contributed by atoms with Gasteiger partial charge in [-0.15, -0.1) is 0 Å². The Kier molecular flexibility index (Phi) is 6.79. The van der Waals surface area contributed by atoms with Gasteiger partial charge >= 0.3 is 11.9 Å². The maximum absolute atomic E-state index is 13.0. The molecule has 0 N–H and O–H groups in total. The number of hydrogen-bond acceptors (Lipinski definition) is 5. The number of amides is 1. The predicted molar refractivity (Wildman–Crippen MR) is 103 cm³/mol. The van der Waals surface area contributed by atoms with E-state index in [1.807, 2.05) is 42.7 Å². The third-order valence-electron chi connectivity index (χ3n) is 4.13. The SMILES string of the molecule is COC(=O)CN(CC(=O)OC)C(=O)c1cc(C)n(-c2ccc(Br)cc2)c1C. The average molecular weight is 437 g/mol. The first-order chi connectivity index (χ1) is 12.8. The molecule has 0 radical (unpaired) electrons. The van der Waals surface area contributed by atoms with Crippen molar-refractivity contribution < 1.29 is 23.9 Å². The van der Waals surface area contributed by atoms with Crippen molar-refractivity contribution in [2.75, 3.05) is 27.3 Å². The number of hydrogen-bond donors (Lipinski definition) is 0. The molecule has 1 amide bonds. The molecular formula is C19H21BrN2O5. The van der Waals surface area contributed by atoms with E-state index in [1.165, 1.54) is 14.2 Å². The van der Waals surface area contributed by atoms with Crippen LogP contribution in [0, 0.1) is 13.8 Å². The monoisotopic (exact) mass is 436 g/mol. The molecule has 0 atom stereocenters. The zero-order chi connectivity index (χ0) is 20.1. The van der Waals surface area contributed by atoms with E-state index in [-0.39, 0.29) is 13.1 Å². The van der Waals surface area contributed by atoms with Crippen molar-refractivity contribution in [3.8, 4) is 5.69 Å². The molecule has 0 unspecified atom stereocenters. The molecule has 0 saturated carbocycles. The summed E-state index contributed by atoms with van der Waals surface area (Å²) in [6, 6.07) is 9.42. The molecule has 0 aliphatic heterocycles. The first kappa shape index (κ1) is 20.7. The topological polar surface area (TPSA) is 77.8 Å². The Balaban J connectivity index is 2.40. The molecule has 2 aromatic rings. The van der Waals surface area contributed by atoms with E-state index in [2.05, 4.69) is 25.4 Å². The molecule has 27 heavy (non-hydrogen) atoms. The van der Waals surface area contributed by atoms with Gasteiger partial charge in [-0.25, -0.2) is 0 Å². The molecule has 1 aromatic heterocycles. The van der Waals surface area contributed by atoms with Crippen LogP contribution >= 0.6 is 15.9 Å². The van der Waals surface area contributed by atoms with Crippen LogP contribution in [0.25, 0.3) is 5.69 Å². The van der Waals surface area contributed by atoms with Gasteiger partial charge in [-0.05, 0) is 44.2 Å². The van der Waals surface area contributed by atoms with Crippen LogP contribution in [0.3, 0.4) is 0 Å². The first-order valence-electron chi connectivity index (χ1n) is 8.16. The van der Waals surface area contributed by atoms with Gasteiger partial charge in [0.25, 0.3) is 5.91 Å². The van der Waals surface area contributed by atoms with Crippen LogP contribution in [0.4, 0.5) is 0 Å². The summed E-state index contributed by atoms with van der Waals surface area (Å²) in [5, 5.41) is 0. The van der Waals surface area contributed by atoms with E-state index >= 15 is 0 Å². The molecule has 0 aliphatic rings. The summed E-state index contributed by atoms with van der Waals surface area (Å²) in [4.78, 5) is 37.4. The maximum atomic E-state index is 13.0. The second kappa shape index (κ2) is 8.85. The van der Waals surface area contributed by atoms with Crippen molar-refractivity contribution >= 4 is 33.8 Å². The maximum Gasteiger partial charge on any atom is 0.325 e. The van der Waals surface area contributed by atoms with Crippen LogP contribution in [-0.4, -0.2) is 54.6 Å². The Hall–Kier alpha value is -2.61. The van der Waals surface area contributed by atoms with Gasteiger partial charge in [0, 0.05) is 21.5 Å². The zero-order valence-electron chi connectivity index (χ0n) is 15.6. The summed E-state index contributed by atoms with van der Waals surface area (Å²) >= 11 is 3.40. The lowest BCUT2D eigenvalue weighted by Crippen LogP contribution is -2.40. The highest BCUT2D eigenvalue weighted by molar-refractivity contribution is 9.10. The highest BCUT2D eigenvalue weighted by Crippen LogP contribution is 2.23. The number of methoxy groups -OCH3 is 2. The Morgan fingerprint density at radius 3 is 2.00 bits per heavy atom. The number of esters is 2. The van der Waals surface area contributed by atoms with Crippen LogP contribution in [0.5, 0.6) is 0 Å². The molecule has 1 aromatic carbocycles. The lowest BCUT2D eigenvalue weighted by Gasteiger charge is -2.20. The minimum Gasteiger partial charge on any atom is -0.468 e. The Bertz CT molecular complexity index is 840. The van der Waals surface area contributed by atoms with E-state index in [0.29, 0.717) is 11.3 Å². The van der Waals surface area contributed by atoms with Gasteiger partial charge in [0.2, 0.25) is 0 Å². The number of aryl methyl sites for hydroxylation is 1. The fourth-order valence-corrected chi connectivity index (χ4v) is 3.04. The summed E-state index contributed by atoms with van der Waals surface area (Å²) in [7, 11) is 2.45. The minimum absolute atomic E-state index is 0.341. The van der Waals surface area contributed by atoms with Crippen molar-refractivity contribution in [2.45, 2.75) is 13.8 Å². The first-order valence-corrected chi connectivity index (χ1v) is 8.95. The number of carbonyl (C=O) groups is 3. The van der Waals surface area contributed by atoms with Crippen molar-refractivity contribution in [3.05, 3.63) is 51.8 Å². The third-order valence-corrected chi connectivity index (χ3v) is 4.66. The molecule has 0 fully saturated rings. The number of ether oxygens (including phenoxy) is 2. The van der Waals surface area contributed by atoms with Gasteiger partial charge in [-0.3, -0.25) is 14.4 Å². The summed E-state index contributed by atoms with van der Waals surface area (Å²) in [6.07, 6.45) is 0. The molecule has 0 bridgehead atoms.